The van der Waals surface area contributed by atoms with E-state index >= 15 is 0 Å². The largest absolute Gasteiger partial charge is 0.465 e. The molecule has 0 bridgehead atoms. The molecule has 0 spiro atoms. The van der Waals surface area contributed by atoms with E-state index in [0.29, 0.717) is 6.54 Å². The molecule has 0 fully saturated rings. The lowest BCUT2D eigenvalue weighted by Crippen LogP contribution is -2.10. The van der Waals surface area contributed by atoms with E-state index in [0.717, 1.165) is 22.9 Å². The quantitative estimate of drug-likeness (QED) is 0.881. The molecular weight excluding hydrogens is 220 g/mol. The molecule has 0 aliphatic heterocycles. The van der Waals surface area contributed by atoms with Gasteiger partial charge in [0.25, 0.3) is 0 Å². The minimum atomic E-state index is 0.716. The number of nitrogens with one attached hydrogen (secondary N) is 1. The first-order chi connectivity index (χ1) is 7.78. The minimum absolute atomic E-state index is 0.716. The molecule has 0 aliphatic rings. The molecule has 0 saturated heterocycles. The number of nitrogens with zero attached hydrogens (tertiary/aromatic N) is 1. The minimum Gasteiger partial charge on any atom is -0.465 e. The predicted octanol–water partition coefficient (Wildman–Crippen LogP) is 2.81. The van der Waals surface area contributed by atoms with E-state index in [2.05, 4.69) is 11.4 Å². The van der Waals surface area contributed by atoms with Crippen LogP contribution in [0.5, 0.6) is 0 Å². The summed E-state index contributed by atoms with van der Waals surface area (Å²) in [4.78, 5) is 1.92. The highest BCUT2D eigenvalue weighted by atomic mass is 32.1. The van der Waals surface area contributed by atoms with Crippen LogP contribution in [0.3, 0.4) is 0 Å². The van der Waals surface area contributed by atoms with Crippen LogP contribution in [0.15, 0.2) is 28.7 Å². The number of rotatable bonds is 4. The Morgan fingerprint density at radius 3 is 2.81 bits per heavy atom. The van der Waals surface area contributed by atoms with Crippen molar-refractivity contribution >= 4 is 11.3 Å². The zero-order valence-corrected chi connectivity index (χ0v) is 9.80. The highest BCUT2D eigenvalue weighted by Crippen LogP contribution is 2.15. The third-order valence-corrected chi connectivity index (χ3v) is 3.16. The van der Waals surface area contributed by atoms with Crippen LogP contribution in [-0.2, 0) is 13.1 Å². The Morgan fingerprint density at radius 2 is 2.19 bits per heavy atom. The van der Waals surface area contributed by atoms with Crippen molar-refractivity contribution < 1.29 is 4.42 Å². The molecule has 82 valence electrons. The molecule has 1 N–H and O–H groups in total. The molecular formula is C12H12N2OS. The average molecular weight is 232 g/mol. The lowest BCUT2D eigenvalue weighted by Gasteiger charge is -1.99. The van der Waals surface area contributed by atoms with Gasteiger partial charge in [0.05, 0.1) is 6.54 Å². The van der Waals surface area contributed by atoms with Crippen molar-refractivity contribution in [2.75, 3.05) is 0 Å². The molecule has 2 heterocycles. The van der Waals surface area contributed by atoms with Crippen LogP contribution in [0.4, 0.5) is 0 Å². The summed E-state index contributed by atoms with van der Waals surface area (Å²) in [5.41, 5.74) is 0. The van der Waals surface area contributed by atoms with Crippen LogP contribution in [0, 0.1) is 18.3 Å². The maximum atomic E-state index is 8.68. The zero-order chi connectivity index (χ0) is 11.4. The summed E-state index contributed by atoms with van der Waals surface area (Å²) in [7, 11) is 0. The van der Waals surface area contributed by atoms with Crippen LogP contribution in [0.2, 0.25) is 0 Å². The molecule has 0 saturated carbocycles. The predicted molar refractivity (Wildman–Crippen MR) is 63.0 cm³/mol. The summed E-state index contributed by atoms with van der Waals surface area (Å²) in [6.07, 6.45) is 0. The van der Waals surface area contributed by atoms with Gasteiger partial charge in [-0.3, -0.25) is 0 Å². The van der Waals surface area contributed by atoms with E-state index in [1.165, 1.54) is 16.2 Å². The van der Waals surface area contributed by atoms with E-state index in [4.69, 9.17) is 9.68 Å². The van der Waals surface area contributed by atoms with Crippen molar-refractivity contribution in [3.63, 3.8) is 0 Å². The maximum absolute atomic E-state index is 8.68. The average Bonchev–Trinajstić information content (AvgIpc) is 2.88. The second kappa shape index (κ2) is 4.97. The summed E-state index contributed by atoms with van der Waals surface area (Å²) in [5.74, 6) is 1.87. The van der Waals surface area contributed by atoms with Gasteiger partial charge in [-0.2, -0.15) is 5.26 Å². The molecule has 2 aromatic heterocycles. The molecule has 4 heteroatoms. The van der Waals surface area contributed by atoms with Crippen molar-refractivity contribution in [2.45, 2.75) is 20.0 Å². The SMILES string of the molecule is Cc1ccc(CNCc2ccc(C#N)s2)o1. The lowest BCUT2D eigenvalue weighted by atomic mass is 10.4. The Balaban J connectivity index is 1.82. The second-order valence-corrected chi connectivity index (χ2v) is 4.66. The van der Waals surface area contributed by atoms with Gasteiger partial charge in [0.1, 0.15) is 22.5 Å². The molecule has 0 unspecified atom stereocenters. The van der Waals surface area contributed by atoms with E-state index in [1.807, 2.05) is 31.2 Å². The van der Waals surface area contributed by atoms with Gasteiger partial charge >= 0.3 is 0 Å². The first-order valence-electron chi connectivity index (χ1n) is 5.03. The molecule has 2 rings (SSSR count). The highest BCUT2D eigenvalue weighted by Gasteiger charge is 2.00. The third-order valence-electron chi connectivity index (χ3n) is 2.17. The van der Waals surface area contributed by atoms with Gasteiger partial charge in [0.2, 0.25) is 0 Å². The first kappa shape index (κ1) is 10.9. The number of aryl methyl sites for hydroxylation is 1. The number of furan rings is 1. The van der Waals surface area contributed by atoms with Crippen molar-refractivity contribution in [2.24, 2.45) is 0 Å². The Bertz CT molecular complexity index is 507. The van der Waals surface area contributed by atoms with Crippen LogP contribution >= 0.6 is 11.3 Å². The normalized spacial score (nSPS) is 10.2. The van der Waals surface area contributed by atoms with Crippen LogP contribution < -0.4 is 5.32 Å². The fourth-order valence-corrected chi connectivity index (χ4v) is 2.20. The van der Waals surface area contributed by atoms with Crippen LogP contribution in [0.25, 0.3) is 0 Å². The Kier molecular flexibility index (Phi) is 3.40. The number of nitriles is 1. The van der Waals surface area contributed by atoms with Crippen molar-refractivity contribution in [3.05, 3.63) is 45.5 Å². The van der Waals surface area contributed by atoms with Gasteiger partial charge < -0.3 is 9.73 Å². The smallest absolute Gasteiger partial charge is 0.117 e. The first-order valence-corrected chi connectivity index (χ1v) is 5.84. The molecule has 2 aromatic rings. The summed E-state index contributed by atoms with van der Waals surface area (Å²) < 4.78 is 5.44. The van der Waals surface area contributed by atoms with Crippen LogP contribution in [-0.4, -0.2) is 0 Å². The monoisotopic (exact) mass is 232 g/mol. The third kappa shape index (κ3) is 2.72. The second-order valence-electron chi connectivity index (χ2n) is 3.49. The molecule has 3 nitrogen and oxygen atoms in total. The van der Waals surface area contributed by atoms with E-state index in [-0.39, 0.29) is 0 Å². The topological polar surface area (TPSA) is 49.0 Å². The molecule has 0 radical (unpaired) electrons. The van der Waals surface area contributed by atoms with Crippen molar-refractivity contribution in [3.8, 4) is 6.07 Å². The van der Waals surface area contributed by atoms with Gasteiger partial charge in [-0.1, -0.05) is 0 Å². The summed E-state index contributed by atoms with van der Waals surface area (Å²) in [6.45, 7) is 3.42. The zero-order valence-electron chi connectivity index (χ0n) is 8.99. The number of thiophene rings is 1. The van der Waals surface area contributed by atoms with E-state index in [1.54, 1.807) is 0 Å². The van der Waals surface area contributed by atoms with Crippen molar-refractivity contribution in [1.82, 2.24) is 5.32 Å². The van der Waals surface area contributed by atoms with E-state index < -0.39 is 0 Å². The lowest BCUT2D eigenvalue weighted by molar-refractivity contribution is 0.462. The molecule has 16 heavy (non-hydrogen) atoms. The Morgan fingerprint density at radius 1 is 1.31 bits per heavy atom. The van der Waals surface area contributed by atoms with Crippen molar-refractivity contribution in [1.29, 1.82) is 5.26 Å². The Hall–Kier alpha value is -1.57. The maximum Gasteiger partial charge on any atom is 0.117 e. The molecule has 0 aliphatic carbocycles. The van der Waals surface area contributed by atoms with Gasteiger partial charge in [-0.05, 0) is 31.2 Å². The fourth-order valence-electron chi connectivity index (χ4n) is 1.42. The summed E-state index contributed by atoms with van der Waals surface area (Å²) in [6, 6.07) is 9.88. The van der Waals surface area contributed by atoms with Gasteiger partial charge in [0.15, 0.2) is 0 Å². The van der Waals surface area contributed by atoms with Crippen LogP contribution in [0.1, 0.15) is 21.3 Å². The van der Waals surface area contributed by atoms with Gasteiger partial charge in [-0.25, -0.2) is 0 Å². The Labute approximate surface area is 98.3 Å². The van der Waals surface area contributed by atoms with Gasteiger partial charge in [-0.15, -0.1) is 11.3 Å². The number of hydrogen-bond donors (Lipinski definition) is 1. The number of hydrogen-bond acceptors (Lipinski definition) is 4. The fraction of sp³-hybridized carbons (Fsp3) is 0.250. The molecule has 0 atom stereocenters. The van der Waals surface area contributed by atoms with Gasteiger partial charge in [0, 0.05) is 11.4 Å². The molecule has 0 amide bonds. The standard InChI is InChI=1S/C12H12N2OS/c1-9-2-3-10(15-9)7-14-8-12-5-4-11(6-13)16-12/h2-5,14H,7-8H2,1H3. The summed E-state index contributed by atoms with van der Waals surface area (Å²) in [5, 5.41) is 12.0. The molecule has 0 aromatic carbocycles. The summed E-state index contributed by atoms with van der Waals surface area (Å²) >= 11 is 1.52. The van der Waals surface area contributed by atoms with E-state index in [9.17, 15) is 0 Å². The highest BCUT2D eigenvalue weighted by molar-refractivity contribution is 7.12.